The van der Waals surface area contributed by atoms with Crippen LogP contribution < -0.4 is 10.6 Å². The fourth-order valence-electron chi connectivity index (χ4n) is 1.39. The number of halogens is 2. The summed E-state index contributed by atoms with van der Waals surface area (Å²) in [5, 5.41) is 14.5. The van der Waals surface area contributed by atoms with E-state index in [4.69, 9.17) is 16.7 Å². The van der Waals surface area contributed by atoms with Crippen molar-refractivity contribution < 1.29 is 14.7 Å². The molecule has 1 atom stereocenters. The molecule has 0 heterocycles. The van der Waals surface area contributed by atoms with Crippen molar-refractivity contribution in [3.63, 3.8) is 0 Å². The Kier molecular flexibility index (Phi) is 6.11. The molecule has 0 aliphatic heterocycles. The first kappa shape index (κ1) is 15.8. The number of urea groups is 1. The maximum absolute atomic E-state index is 11.6. The number of hydrogen-bond acceptors (Lipinski definition) is 2. The van der Waals surface area contributed by atoms with Gasteiger partial charge in [-0.1, -0.05) is 24.6 Å². The summed E-state index contributed by atoms with van der Waals surface area (Å²) in [6, 6.07) is 4.60. The van der Waals surface area contributed by atoms with Gasteiger partial charge in [-0.15, -0.1) is 0 Å². The maximum Gasteiger partial charge on any atom is 0.319 e. The van der Waals surface area contributed by atoms with Gasteiger partial charge in [-0.25, -0.2) is 4.79 Å². The van der Waals surface area contributed by atoms with Gasteiger partial charge in [0, 0.05) is 6.54 Å². The van der Waals surface area contributed by atoms with Gasteiger partial charge < -0.3 is 15.7 Å². The highest BCUT2D eigenvalue weighted by atomic mass is 79.9. The van der Waals surface area contributed by atoms with E-state index in [9.17, 15) is 9.59 Å². The third-order valence-electron chi connectivity index (χ3n) is 2.55. The van der Waals surface area contributed by atoms with Gasteiger partial charge in [0.05, 0.1) is 21.1 Å². The number of aliphatic carboxylic acids is 1. The minimum Gasteiger partial charge on any atom is -0.481 e. The molecule has 0 aliphatic rings. The lowest BCUT2D eigenvalue weighted by molar-refractivity contribution is -0.141. The lowest BCUT2D eigenvalue weighted by atomic mass is 10.1. The number of carboxylic acid groups (broad SMARTS) is 1. The summed E-state index contributed by atoms with van der Waals surface area (Å²) in [4.78, 5) is 22.4. The summed E-state index contributed by atoms with van der Waals surface area (Å²) < 4.78 is 0.581. The molecule has 5 nitrogen and oxygen atoms in total. The fraction of sp³-hybridized carbons (Fsp3) is 0.333. The van der Waals surface area contributed by atoms with Gasteiger partial charge in [0.25, 0.3) is 0 Å². The summed E-state index contributed by atoms with van der Waals surface area (Å²) in [6.45, 7) is 1.84. The van der Waals surface area contributed by atoms with Crippen molar-refractivity contribution in [2.75, 3.05) is 11.9 Å². The first-order chi connectivity index (χ1) is 8.95. The van der Waals surface area contributed by atoms with Gasteiger partial charge in [0.15, 0.2) is 0 Å². The number of amides is 2. The number of hydrogen-bond donors (Lipinski definition) is 3. The van der Waals surface area contributed by atoms with Crippen LogP contribution in [-0.2, 0) is 4.79 Å². The van der Waals surface area contributed by atoms with E-state index in [1.54, 1.807) is 25.1 Å². The van der Waals surface area contributed by atoms with Crippen LogP contribution in [-0.4, -0.2) is 23.7 Å². The molecule has 0 aliphatic carbocycles. The van der Waals surface area contributed by atoms with E-state index in [0.717, 1.165) is 0 Å². The van der Waals surface area contributed by atoms with Gasteiger partial charge in [-0.3, -0.25) is 4.79 Å². The van der Waals surface area contributed by atoms with Crippen molar-refractivity contribution >= 4 is 45.2 Å². The number of anilines is 1. The van der Waals surface area contributed by atoms with Crippen LogP contribution in [0.4, 0.5) is 10.5 Å². The van der Waals surface area contributed by atoms with Crippen molar-refractivity contribution in [1.29, 1.82) is 0 Å². The van der Waals surface area contributed by atoms with Crippen molar-refractivity contribution in [2.24, 2.45) is 5.92 Å². The van der Waals surface area contributed by atoms with Gasteiger partial charge >= 0.3 is 12.0 Å². The van der Waals surface area contributed by atoms with Crippen LogP contribution in [0.3, 0.4) is 0 Å². The van der Waals surface area contributed by atoms with E-state index in [1.165, 1.54) is 0 Å². The molecular formula is C12H14BrClN2O3. The normalized spacial score (nSPS) is 11.7. The topological polar surface area (TPSA) is 78.4 Å². The third-order valence-corrected chi connectivity index (χ3v) is 3.95. The molecule has 7 heteroatoms. The smallest absolute Gasteiger partial charge is 0.319 e. The second kappa shape index (κ2) is 7.35. The molecule has 1 unspecified atom stereocenters. The number of carbonyl (C=O) groups is 2. The van der Waals surface area contributed by atoms with E-state index >= 15 is 0 Å². The average Bonchev–Trinajstić information content (AvgIpc) is 2.35. The zero-order chi connectivity index (χ0) is 14.4. The first-order valence-corrected chi connectivity index (χ1v) is 6.84. The Hall–Kier alpha value is -1.27. The van der Waals surface area contributed by atoms with Crippen LogP contribution in [0.5, 0.6) is 0 Å². The van der Waals surface area contributed by atoms with Gasteiger partial charge in [-0.2, -0.15) is 0 Å². The Morgan fingerprint density at radius 3 is 2.74 bits per heavy atom. The molecule has 0 saturated carbocycles. The third kappa shape index (κ3) is 4.72. The van der Waals surface area contributed by atoms with E-state index in [-0.39, 0.29) is 6.54 Å². The minimum atomic E-state index is -0.924. The Bertz CT molecular complexity index is 482. The van der Waals surface area contributed by atoms with Gasteiger partial charge in [0.1, 0.15) is 0 Å². The number of nitrogens with one attached hydrogen (secondary N) is 2. The molecule has 0 saturated heterocycles. The summed E-state index contributed by atoms with van der Waals surface area (Å²) in [5.41, 5.74) is 0.522. The summed E-state index contributed by atoms with van der Waals surface area (Å²) in [5.74, 6) is -1.51. The fourth-order valence-corrected chi connectivity index (χ4v) is 1.93. The van der Waals surface area contributed by atoms with Crippen LogP contribution in [0.15, 0.2) is 22.7 Å². The van der Waals surface area contributed by atoms with Crippen LogP contribution in [0.2, 0.25) is 5.02 Å². The predicted molar refractivity (Wildman–Crippen MR) is 77.6 cm³/mol. The second-order valence-corrected chi connectivity index (χ2v) is 5.08. The highest BCUT2D eigenvalue weighted by molar-refractivity contribution is 9.10. The molecule has 2 amide bonds. The molecule has 104 valence electrons. The molecule has 0 spiro atoms. The molecule has 1 aromatic rings. The highest BCUT2D eigenvalue weighted by Gasteiger charge is 2.16. The van der Waals surface area contributed by atoms with E-state index in [0.29, 0.717) is 21.6 Å². The molecular weight excluding hydrogens is 336 g/mol. The lowest BCUT2D eigenvalue weighted by Crippen LogP contribution is -2.35. The molecule has 3 N–H and O–H groups in total. The van der Waals surface area contributed by atoms with Gasteiger partial charge in [-0.05, 0) is 34.5 Å². The number of carbonyl (C=O) groups excluding carboxylic acids is 1. The van der Waals surface area contributed by atoms with Crippen LogP contribution >= 0.6 is 27.5 Å². The predicted octanol–water partition coefficient (Wildman–Crippen LogP) is 3.33. The van der Waals surface area contributed by atoms with Gasteiger partial charge in [0.2, 0.25) is 0 Å². The zero-order valence-corrected chi connectivity index (χ0v) is 12.6. The van der Waals surface area contributed by atoms with Crippen molar-refractivity contribution in [3.05, 3.63) is 27.7 Å². The highest BCUT2D eigenvalue weighted by Crippen LogP contribution is 2.29. The van der Waals surface area contributed by atoms with Crippen molar-refractivity contribution in [2.45, 2.75) is 13.3 Å². The van der Waals surface area contributed by atoms with Crippen LogP contribution in [0.1, 0.15) is 13.3 Å². The summed E-state index contributed by atoms with van der Waals surface area (Å²) >= 11 is 9.15. The number of carboxylic acids is 1. The summed E-state index contributed by atoms with van der Waals surface area (Å²) in [6.07, 6.45) is 0.455. The largest absolute Gasteiger partial charge is 0.481 e. The standard InChI is InChI=1S/C12H14BrClN2O3/c1-2-7(11(17)18)6-15-12(19)16-9-5-3-4-8(14)10(9)13/h3-5,7H,2,6H2,1H3,(H,17,18)(H2,15,16,19). The van der Waals surface area contributed by atoms with E-state index in [2.05, 4.69) is 26.6 Å². The Morgan fingerprint density at radius 1 is 1.47 bits per heavy atom. The SMILES string of the molecule is CCC(CNC(=O)Nc1cccc(Cl)c1Br)C(=O)O. The maximum atomic E-state index is 11.6. The average molecular weight is 350 g/mol. The van der Waals surface area contributed by atoms with Crippen molar-refractivity contribution in [3.8, 4) is 0 Å². The van der Waals surface area contributed by atoms with Crippen LogP contribution in [0, 0.1) is 5.92 Å². The lowest BCUT2D eigenvalue weighted by Gasteiger charge is -2.13. The molecule has 19 heavy (non-hydrogen) atoms. The van der Waals surface area contributed by atoms with Crippen molar-refractivity contribution in [1.82, 2.24) is 5.32 Å². The Balaban J connectivity index is 2.56. The summed E-state index contributed by atoms with van der Waals surface area (Å²) in [7, 11) is 0. The monoisotopic (exact) mass is 348 g/mol. The van der Waals surface area contributed by atoms with Crippen LogP contribution in [0.25, 0.3) is 0 Å². The second-order valence-electron chi connectivity index (χ2n) is 3.88. The quantitative estimate of drug-likeness (QED) is 0.763. The first-order valence-electron chi connectivity index (χ1n) is 5.67. The number of rotatable bonds is 5. The molecule has 0 fully saturated rings. The van der Waals surface area contributed by atoms with E-state index < -0.39 is 17.9 Å². The zero-order valence-electron chi connectivity index (χ0n) is 10.2. The molecule has 0 radical (unpaired) electrons. The molecule has 0 bridgehead atoms. The molecule has 1 aromatic carbocycles. The van der Waals surface area contributed by atoms with E-state index in [1.807, 2.05) is 0 Å². The molecule has 0 aromatic heterocycles. The molecule has 1 rings (SSSR count). The Morgan fingerprint density at radius 2 is 2.16 bits per heavy atom. The number of benzene rings is 1. The Labute approximate surface area is 124 Å². The minimum absolute atomic E-state index is 0.0792.